The highest BCUT2D eigenvalue weighted by molar-refractivity contribution is 7.51. The number of nitrogens with one attached hydrogen (secondary N) is 1. The van der Waals surface area contributed by atoms with Crippen LogP contribution in [-0.2, 0) is 23.5 Å². The van der Waals surface area contributed by atoms with Gasteiger partial charge in [0.2, 0.25) is 0 Å². The van der Waals surface area contributed by atoms with Crippen LogP contribution in [-0.4, -0.2) is 67.6 Å². The molecule has 2 aromatic heterocycles. The molecule has 2 aliphatic heterocycles. The molecule has 5 rings (SSSR count). The molecule has 3 fully saturated rings. The minimum atomic E-state index is -4.33. The molecule has 0 bridgehead atoms. The predicted molar refractivity (Wildman–Crippen MR) is 124 cm³/mol. The molecule has 0 unspecified atom stereocenters. The van der Waals surface area contributed by atoms with Gasteiger partial charge in [0.1, 0.15) is 36.3 Å². The third-order valence-electron chi connectivity index (χ3n) is 6.42. The smallest absolute Gasteiger partial charge is 0.350 e. The number of nitrogens with zero attached hydrogens (tertiary/aromatic N) is 4. The minimum Gasteiger partial charge on any atom is -0.381 e. The fourth-order valence-electron chi connectivity index (χ4n) is 5.02. The van der Waals surface area contributed by atoms with Gasteiger partial charge in [0.05, 0.1) is 23.9 Å². The van der Waals surface area contributed by atoms with Crippen LogP contribution in [0.25, 0.3) is 11.0 Å². The third-order valence-corrected chi connectivity index (χ3v) is 7.21. The Morgan fingerprint density at radius 1 is 1.34 bits per heavy atom. The SMILES string of the molecule is CC1(C)O[C@@H]2[C@H](O1)[C@@H](COCP(=O)(O)O)O[C@H]2n1ncc2c(NC3CCCC3)c(C#N)c(Cl)nc21. The minimum absolute atomic E-state index is 0.0576. The van der Waals surface area contributed by atoms with Crippen LogP contribution in [0.2, 0.25) is 5.15 Å². The summed E-state index contributed by atoms with van der Waals surface area (Å²) in [4.78, 5) is 22.7. The zero-order chi connectivity index (χ0) is 25.0. The van der Waals surface area contributed by atoms with Crippen molar-refractivity contribution in [1.29, 1.82) is 5.26 Å². The van der Waals surface area contributed by atoms with E-state index in [-0.39, 0.29) is 23.4 Å². The number of fused-ring (bicyclic) bond motifs is 2. The molecule has 0 amide bonds. The summed E-state index contributed by atoms with van der Waals surface area (Å²) in [6.45, 7) is 3.44. The van der Waals surface area contributed by atoms with Gasteiger partial charge in [0.15, 0.2) is 22.8 Å². The van der Waals surface area contributed by atoms with Crippen molar-refractivity contribution in [3.63, 3.8) is 0 Å². The standard InChI is InChI=1S/C21H27ClN5O7P/c1-21(2)33-16-14(9-31-10-35(28,29)30)32-20(17(16)34-21)27-19-13(8-24-27)15(12(7-23)18(22)26-19)25-11-5-3-4-6-11/h8,11,14,16-17,20H,3-6,9-10H2,1-2H3,(H,25,26)(H2,28,29,30)/t14-,16-,17-,20-/m1/s1. The van der Waals surface area contributed by atoms with Crippen LogP contribution in [0.15, 0.2) is 6.20 Å². The molecule has 2 aromatic rings. The van der Waals surface area contributed by atoms with Crippen molar-refractivity contribution in [2.75, 3.05) is 18.3 Å². The van der Waals surface area contributed by atoms with Gasteiger partial charge in [-0.3, -0.25) is 4.57 Å². The van der Waals surface area contributed by atoms with Gasteiger partial charge < -0.3 is 34.1 Å². The van der Waals surface area contributed by atoms with Crippen molar-refractivity contribution in [2.45, 2.75) is 75.9 Å². The largest absolute Gasteiger partial charge is 0.381 e. The number of hydrogen-bond donors (Lipinski definition) is 3. The second-order valence-corrected chi connectivity index (χ2v) is 11.5. The first-order valence-corrected chi connectivity index (χ1v) is 13.6. The molecule has 3 aliphatic rings. The van der Waals surface area contributed by atoms with Gasteiger partial charge in [-0.05, 0) is 26.7 Å². The highest BCUT2D eigenvalue weighted by atomic mass is 35.5. The molecule has 0 aromatic carbocycles. The summed E-state index contributed by atoms with van der Waals surface area (Å²) in [5.41, 5.74) is 1.28. The van der Waals surface area contributed by atoms with E-state index in [9.17, 15) is 9.83 Å². The van der Waals surface area contributed by atoms with Crippen molar-refractivity contribution in [3.8, 4) is 6.07 Å². The fourth-order valence-corrected chi connectivity index (χ4v) is 5.58. The number of nitriles is 1. The molecule has 3 N–H and O–H groups in total. The van der Waals surface area contributed by atoms with Gasteiger partial charge in [-0.15, -0.1) is 0 Å². The molecule has 190 valence electrons. The Bertz CT molecular complexity index is 1200. The van der Waals surface area contributed by atoms with E-state index >= 15 is 0 Å². The van der Waals surface area contributed by atoms with Crippen molar-refractivity contribution in [2.24, 2.45) is 0 Å². The van der Waals surface area contributed by atoms with Gasteiger partial charge in [0.25, 0.3) is 0 Å². The van der Waals surface area contributed by atoms with Gasteiger partial charge in [-0.1, -0.05) is 24.4 Å². The van der Waals surface area contributed by atoms with Crippen LogP contribution in [0.3, 0.4) is 0 Å². The van der Waals surface area contributed by atoms with E-state index in [2.05, 4.69) is 21.5 Å². The second-order valence-electron chi connectivity index (χ2n) is 9.51. The van der Waals surface area contributed by atoms with E-state index in [1.54, 1.807) is 24.7 Å². The molecule has 4 heterocycles. The molecule has 4 atom stereocenters. The van der Waals surface area contributed by atoms with Crippen LogP contribution < -0.4 is 5.32 Å². The van der Waals surface area contributed by atoms with Crippen molar-refractivity contribution in [1.82, 2.24) is 14.8 Å². The average molecular weight is 528 g/mol. The zero-order valence-electron chi connectivity index (χ0n) is 19.3. The summed E-state index contributed by atoms with van der Waals surface area (Å²) in [5.74, 6) is -0.907. The Morgan fingerprint density at radius 2 is 2.06 bits per heavy atom. The predicted octanol–water partition coefficient (Wildman–Crippen LogP) is 2.88. The van der Waals surface area contributed by atoms with Crippen molar-refractivity contribution < 1.29 is 33.3 Å². The Morgan fingerprint density at radius 3 is 2.74 bits per heavy atom. The molecule has 35 heavy (non-hydrogen) atoms. The molecule has 1 saturated carbocycles. The first-order chi connectivity index (χ1) is 16.6. The maximum absolute atomic E-state index is 11.2. The van der Waals surface area contributed by atoms with Gasteiger partial charge in [-0.25, -0.2) is 9.67 Å². The molecule has 0 spiro atoms. The van der Waals surface area contributed by atoms with Gasteiger partial charge >= 0.3 is 7.60 Å². The Balaban J connectivity index is 1.48. The van der Waals surface area contributed by atoms with E-state index in [4.69, 9.17) is 40.3 Å². The number of anilines is 1. The molecule has 0 radical (unpaired) electrons. The van der Waals surface area contributed by atoms with E-state index in [1.807, 2.05) is 0 Å². The fraction of sp³-hybridized carbons (Fsp3) is 0.667. The zero-order valence-corrected chi connectivity index (χ0v) is 20.9. The van der Waals surface area contributed by atoms with Gasteiger partial charge in [0, 0.05) is 6.04 Å². The van der Waals surface area contributed by atoms with Crippen LogP contribution in [0.1, 0.15) is 51.3 Å². The van der Waals surface area contributed by atoms with E-state index in [1.165, 1.54) is 0 Å². The number of pyridine rings is 1. The van der Waals surface area contributed by atoms with E-state index < -0.39 is 44.3 Å². The molecule has 14 heteroatoms. The maximum atomic E-state index is 11.2. The monoisotopic (exact) mass is 527 g/mol. The normalized spacial score (nSPS) is 28.5. The number of rotatable bonds is 7. The molecular weight excluding hydrogens is 501 g/mol. The van der Waals surface area contributed by atoms with Crippen molar-refractivity contribution in [3.05, 3.63) is 16.9 Å². The lowest BCUT2D eigenvalue weighted by Crippen LogP contribution is -2.33. The van der Waals surface area contributed by atoms with Crippen LogP contribution in [0.5, 0.6) is 0 Å². The lowest BCUT2D eigenvalue weighted by molar-refractivity contribution is -0.202. The highest BCUT2D eigenvalue weighted by Gasteiger charge is 2.56. The maximum Gasteiger partial charge on any atom is 0.350 e. The number of hydrogen-bond acceptors (Lipinski definition) is 9. The van der Waals surface area contributed by atoms with Crippen LogP contribution >= 0.6 is 19.2 Å². The number of halogens is 1. The molecule has 1 aliphatic carbocycles. The number of ether oxygens (including phenoxy) is 4. The lowest BCUT2D eigenvalue weighted by Gasteiger charge is -2.24. The second kappa shape index (κ2) is 9.25. The number of aromatic nitrogens is 3. The summed E-state index contributed by atoms with van der Waals surface area (Å²) in [5, 5.41) is 18.4. The van der Waals surface area contributed by atoms with Gasteiger partial charge in [-0.2, -0.15) is 10.4 Å². The summed E-state index contributed by atoms with van der Waals surface area (Å²) in [6.07, 6.45) is 2.58. The van der Waals surface area contributed by atoms with E-state index in [0.717, 1.165) is 25.7 Å². The summed E-state index contributed by atoms with van der Waals surface area (Å²) < 4.78 is 36.2. The van der Waals surface area contributed by atoms with Crippen LogP contribution in [0, 0.1) is 11.3 Å². The summed E-state index contributed by atoms with van der Waals surface area (Å²) in [7, 11) is -4.33. The summed E-state index contributed by atoms with van der Waals surface area (Å²) >= 11 is 6.42. The molecule has 2 saturated heterocycles. The quantitative estimate of drug-likeness (QED) is 0.358. The Kier molecular flexibility index (Phi) is 6.57. The first kappa shape index (κ1) is 24.9. The van der Waals surface area contributed by atoms with E-state index in [0.29, 0.717) is 16.7 Å². The van der Waals surface area contributed by atoms with Crippen LogP contribution in [0.4, 0.5) is 5.69 Å². The third kappa shape index (κ3) is 4.92. The Labute approximate surface area is 206 Å². The Hall–Kier alpha value is -1.81. The topological polar surface area (TPSA) is 161 Å². The average Bonchev–Trinajstić information content (AvgIpc) is 3.52. The highest BCUT2D eigenvalue weighted by Crippen LogP contribution is 2.45. The molecule has 12 nitrogen and oxygen atoms in total. The molecular formula is C21H27ClN5O7P. The first-order valence-electron chi connectivity index (χ1n) is 11.4. The lowest BCUT2D eigenvalue weighted by atomic mass is 10.1. The summed E-state index contributed by atoms with van der Waals surface area (Å²) in [6, 6.07) is 2.39. The van der Waals surface area contributed by atoms with Crippen molar-refractivity contribution >= 4 is 35.9 Å².